The van der Waals surface area contributed by atoms with Gasteiger partial charge in [0.25, 0.3) is 0 Å². The van der Waals surface area contributed by atoms with E-state index in [1.54, 1.807) is 0 Å². The SMILES string of the molecule is CC/C=C(\C(Cl)=C(/C)Cl)N1CCN(CCCCOc2ccc3c(c2)NC(=O)CC3)CC1. The van der Waals surface area contributed by atoms with Gasteiger partial charge in [0.15, 0.2) is 0 Å². The van der Waals surface area contributed by atoms with E-state index in [0.29, 0.717) is 23.1 Å². The van der Waals surface area contributed by atoms with Gasteiger partial charge in [-0.05, 0) is 50.8 Å². The zero-order chi connectivity index (χ0) is 22.2. The number of nitrogens with zero attached hydrogens (tertiary/aromatic N) is 2. The monoisotopic (exact) mass is 465 g/mol. The average molecular weight is 466 g/mol. The molecule has 1 N–H and O–H groups in total. The third-order valence-corrected chi connectivity index (χ3v) is 6.51. The zero-order valence-corrected chi connectivity index (χ0v) is 20.1. The summed E-state index contributed by atoms with van der Waals surface area (Å²) in [4.78, 5) is 16.4. The lowest BCUT2D eigenvalue weighted by atomic mass is 10.0. The molecule has 1 aromatic carbocycles. The summed E-state index contributed by atoms with van der Waals surface area (Å²) in [6.07, 6.45) is 6.57. The molecule has 0 spiro atoms. The molecule has 7 heteroatoms. The molecule has 31 heavy (non-hydrogen) atoms. The molecule has 0 bridgehead atoms. The van der Waals surface area contributed by atoms with Crippen molar-refractivity contribution in [2.75, 3.05) is 44.6 Å². The average Bonchev–Trinajstić information content (AvgIpc) is 2.77. The number of benzene rings is 1. The number of piperazine rings is 1. The lowest BCUT2D eigenvalue weighted by Crippen LogP contribution is -2.46. The fourth-order valence-corrected chi connectivity index (χ4v) is 4.30. The van der Waals surface area contributed by atoms with Crippen molar-refractivity contribution in [3.63, 3.8) is 0 Å². The van der Waals surface area contributed by atoms with E-state index < -0.39 is 0 Å². The van der Waals surface area contributed by atoms with Gasteiger partial charge in [-0.2, -0.15) is 0 Å². The van der Waals surface area contributed by atoms with E-state index >= 15 is 0 Å². The topological polar surface area (TPSA) is 44.8 Å². The summed E-state index contributed by atoms with van der Waals surface area (Å²) in [5.41, 5.74) is 3.13. The molecule has 2 aliphatic heterocycles. The van der Waals surface area contributed by atoms with E-state index in [1.165, 1.54) is 5.56 Å². The number of unbranched alkanes of at least 4 members (excludes halogenated alkanes) is 1. The second kappa shape index (κ2) is 11.8. The quantitative estimate of drug-likeness (QED) is 0.394. The Bertz CT molecular complexity index is 826. The van der Waals surface area contributed by atoms with Crippen LogP contribution in [0.1, 0.15) is 45.1 Å². The number of hydrogen-bond donors (Lipinski definition) is 1. The van der Waals surface area contributed by atoms with Crippen molar-refractivity contribution in [3.05, 3.63) is 45.6 Å². The molecule has 0 aromatic heterocycles. The Balaban J connectivity index is 1.36. The minimum absolute atomic E-state index is 0.0816. The van der Waals surface area contributed by atoms with E-state index in [2.05, 4.69) is 34.2 Å². The number of halogens is 2. The van der Waals surface area contributed by atoms with Crippen LogP contribution in [0, 0.1) is 0 Å². The van der Waals surface area contributed by atoms with Crippen molar-refractivity contribution >= 4 is 34.8 Å². The first-order chi connectivity index (χ1) is 15.0. The Labute approximate surface area is 196 Å². The third kappa shape index (κ3) is 6.90. The van der Waals surface area contributed by atoms with Gasteiger partial charge in [-0.15, -0.1) is 0 Å². The minimum atomic E-state index is 0.0816. The van der Waals surface area contributed by atoms with Gasteiger partial charge in [-0.3, -0.25) is 9.69 Å². The van der Waals surface area contributed by atoms with Crippen LogP contribution in [0.3, 0.4) is 0 Å². The molecule has 1 saturated heterocycles. The Morgan fingerprint density at radius 2 is 1.94 bits per heavy atom. The van der Waals surface area contributed by atoms with Crippen LogP contribution in [0.25, 0.3) is 0 Å². The molecule has 0 radical (unpaired) electrons. The highest BCUT2D eigenvalue weighted by molar-refractivity contribution is 6.40. The molecule has 0 aliphatic carbocycles. The fourth-order valence-electron chi connectivity index (χ4n) is 4.01. The lowest BCUT2D eigenvalue weighted by molar-refractivity contribution is -0.116. The Kier molecular flexibility index (Phi) is 9.12. The third-order valence-electron chi connectivity index (χ3n) is 5.75. The molecule has 0 saturated carbocycles. The summed E-state index contributed by atoms with van der Waals surface area (Å²) in [6, 6.07) is 5.99. The standard InChI is InChI=1S/C24H33Cl2N3O2/c1-3-6-22(24(26)18(2)25)29-14-12-28(13-15-29)11-4-5-16-31-20-9-7-19-8-10-23(30)27-21(19)17-20/h6-7,9,17H,3-5,8,10-16H2,1-2H3,(H,27,30)/b22-6+,24-18-. The zero-order valence-electron chi connectivity index (χ0n) is 18.6. The molecule has 170 valence electrons. The van der Waals surface area contributed by atoms with E-state index in [4.69, 9.17) is 27.9 Å². The number of carbonyl (C=O) groups excluding carboxylic acids is 1. The maximum Gasteiger partial charge on any atom is 0.224 e. The number of amides is 1. The molecule has 3 rings (SSSR count). The van der Waals surface area contributed by atoms with Gasteiger partial charge in [0.2, 0.25) is 5.91 Å². The maximum absolute atomic E-state index is 11.6. The van der Waals surface area contributed by atoms with Crippen molar-refractivity contribution in [2.45, 2.75) is 46.0 Å². The molecule has 2 heterocycles. The second-order valence-corrected chi connectivity index (χ2v) is 9.04. The van der Waals surface area contributed by atoms with Gasteiger partial charge in [0, 0.05) is 49.4 Å². The number of anilines is 1. The van der Waals surface area contributed by atoms with Gasteiger partial charge in [-0.1, -0.05) is 42.3 Å². The van der Waals surface area contributed by atoms with Gasteiger partial charge >= 0.3 is 0 Å². The van der Waals surface area contributed by atoms with Gasteiger partial charge in [0.05, 0.1) is 17.3 Å². The summed E-state index contributed by atoms with van der Waals surface area (Å²) in [7, 11) is 0. The van der Waals surface area contributed by atoms with E-state index in [0.717, 1.165) is 75.5 Å². The van der Waals surface area contributed by atoms with Gasteiger partial charge < -0.3 is 15.0 Å². The Morgan fingerprint density at radius 1 is 1.16 bits per heavy atom. The molecule has 1 fully saturated rings. The highest BCUT2D eigenvalue weighted by Gasteiger charge is 2.20. The highest BCUT2D eigenvalue weighted by Crippen LogP contribution is 2.28. The molecule has 1 amide bonds. The summed E-state index contributed by atoms with van der Waals surface area (Å²) in [5, 5.41) is 4.23. The van der Waals surface area contributed by atoms with Crippen LogP contribution < -0.4 is 10.1 Å². The second-order valence-electron chi connectivity index (χ2n) is 8.10. The van der Waals surface area contributed by atoms with Crippen LogP contribution in [0.5, 0.6) is 5.75 Å². The molecular formula is C24H33Cl2N3O2. The normalized spacial score (nSPS) is 18.4. The van der Waals surface area contributed by atoms with Crippen molar-refractivity contribution < 1.29 is 9.53 Å². The first-order valence-electron chi connectivity index (χ1n) is 11.2. The number of aryl methyl sites for hydroxylation is 1. The summed E-state index contributed by atoms with van der Waals surface area (Å²) < 4.78 is 5.90. The van der Waals surface area contributed by atoms with Crippen molar-refractivity contribution in [1.82, 2.24) is 9.80 Å². The minimum Gasteiger partial charge on any atom is -0.494 e. The molecule has 0 atom stereocenters. The van der Waals surface area contributed by atoms with Gasteiger partial charge in [-0.25, -0.2) is 0 Å². The number of allylic oxidation sites excluding steroid dienone is 3. The largest absolute Gasteiger partial charge is 0.494 e. The number of fused-ring (bicyclic) bond motifs is 1. The number of nitrogens with one attached hydrogen (secondary N) is 1. The van der Waals surface area contributed by atoms with Crippen LogP contribution in [-0.4, -0.2) is 55.0 Å². The molecule has 5 nitrogen and oxygen atoms in total. The van der Waals surface area contributed by atoms with Crippen LogP contribution >= 0.6 is 23.2 Å². The molecule has 1 aromatic rings. The number of rotatable bonds is 9. The maximum atomic E-state index is 11.6. The van der Waals surface area contributed by atoms with E-state index in [-0.39, 0.29) is 5.91 Å². The van der Waals surface area contributed by atoms with Gasteiger partial charge in [0.1, 0.15) is 5.75 Å². The number of hydrogen-bond acceptors (Lipinski definition) is 4. The smallest absolute Gasteiger partial charge is 0.224 e. The fraction of sp³-hybridized carbons (Fsp3) is 0.542. The van der Waals surface area contributed by atoms with Crippen LogP contribution in [0.15, 0.2) is 40.0 Å². The van der Waals surface area contributed by atoms with Crippen molar-refractivity contribution in [2.24, 2.45) is 0 Å². The van der Waals surface area contributed by atoms with Crippen LogP contribution in [-0.2, 0) is 11.2 Å². The van der Waals surface area contributed by atoms with Crippen LogP contribution in [0.2, 0.25) is 0 Å². The summed E-state index contributed by atoms with van der Waals surface area (Å²) >= 11 is 12.6. The molecular weight excluding hydrogens is 433 g/mol. The molecule has 0 unspecified atom stereocenters. The van der Waals surface area contributed by atoms with Crippen molar-refractivity contribution in [3.8, 4) is 5.75 Å². The van der Waals surface area contributed by atoms with Crippen LogP contribution in [0.4, 0.5) is 5.69 Å². The van der Waals surface area contributed by atoms with E-state index in [9.17, 15) is 4.79 Å². The number of carbonyl (C=O) groups is 1. The predicted molar refractivity (Wildman–Crippen MR) is 129 cm³/mol. The summed E-state index contributed by atoms with van der Waals surface area (Å²) in [6.45, 7) is 9.69. The first kappa shape index (κ1) is 24.0. The highest BCUT2D eigenvalue weighted by atomic mass is 35.5. The lowest BCUT2D eigenvalue weighted by Gasteiger charge is -2.37. The van der Waals surface area contributed by atoms with Crippen molar-refractivity contribution in [1.29, 1.82) is 0 Å². The summed E-state index contributed by atoms with van der Waals surface area (Å²) in [5.74, 6) is 0.905. The Hall–Kier alpha value is -1.69. The predicted octanol–water partition coefficient (Wildman–Crippen LogP) is 5.35. The number of ether oxygens (including phenoxy) is 1. The van der Waals surface area contributed by atoms with E-state index in [1.807, 2.05) is 19.1 Å². The Morgan fingerprint density at radius 3 is 2.65 bits per heavy atom. The first-order valence-corrected chi connectivity index (χ1v) is 12.0. The molecule has 2 aliphatic rings.